The molecule has 6 nitrogen and oxygen atoms in total. The van der Waals surface area contributed by atoms with Crippen molar-refractivity contribution >= 4 is 39.5 Å². The number of hydrogen-bond acceptors (Lipinski definition) is 5. The highest BCUT2D eigenvalue weighted by Gasteiger charge is 2.11. The third-order valence-electron chi connectivity index (χ3n) is 3.35. The molecule has 1 aromatic carbocycles. The lowest BCUT2D eigenvalue weighted by atomic mass is 10.2. The Balaban J connectivity index is 1.97. The Morgan fingerprint density at radius 3 is 2.75 bits per heavy atom. The lowest BCUT2D eigenvalue weighted by molar-refractivity contribution is -0.514. The first-order valence-electron chi connectivity index (χ1n) is 7.34. The summed E-state index contributed by atoms with van der Waals surface area (Å²) in [7, 11) is -2.35. The van der Waals surface area contributed by atoms with Gasteiger partial charge in [0.15, 0.2) is 12.8 Å². The fourth-order valence-electron chi connectivity index (χ4n) is 2.13. The Morgan fingerprint density at radius 2 is 2.08 bits per heavy atom. The second-order valence-corrected chi connectivity index (χ2v) is 7.29. The Bertz CT molecular complexity index is 807. The molecule has 0 saturated carbocycles. The minimum atomic E-state index is -4.16. The number of benzene rings is 1. The highest BCUT2D eigenvalue weighted by Crippen LogP contribution is 2.16. The molecule has 1 heterocycles. The number of halogens is 1. The van der Waals surface area contributed by atoms with Crippen LogP contribution in [0.3, 0.4) is 0 Å². The molecule has 0 saturated heterocycles. The van der Waals surface area contributed by atoms with Gasteiger partial charge in [-0.15, -0.1) is 5.10 Å². The van der Waals surface area contributed by atoms with E-state index in [1.165, 1.54) is 0 Å². The molecule has 0 radical (unpaired) electrons. The number of rotatable bonds is 6. The zero-order valence-corrected chi connectivity index (χ0v) is 14.8. The van der Waals surface area contributed by atoms with E-state index in [9.17, 15) is 13.0 Å². The van der Waals surface area contributed by atoms with Crippen LogP contribution in [0.25, 0.3) is 0 Å². The normalized spacial score (nSPS) is 14.1. The van der Waals surface area contributed by atoms with Crippen LogP contribution < -0.4 is 5.01 Å². The third-order valence-corrected chi connectivity index (χ3v) is 4.39. The minimum Gasteiger partial charge on any atom is -0.748 e. The van der Waals surface area contributed by atoms with Gasteiger partial charge in [0.25, 0.3) is 0 Å². The van der Waals surface area contributed by atoms with Crippen LogP contribution in [0.1, 0.15) is 6.42 Å². The molecule has 2 rings (SSSR count). The molecular formula is C16H18ClN3O3S. The van der Waals surface area contributed by atoms with Crippen molar-refractivity contribution in [2.45, 2.75) is 6.42 Å². The molecule has 0 N–H and O–H groups in total. The molecule has 0 amide bonds. The van der Waals surface area contributed by atoms with Gasteiger partial charge in [0, 0.05) is 36.2 Å². The molecule has 1 aliphatic heterocycles. The topological polar surface area (TPSA) is 75.8 Å². The van der Waals surface area contributed by atoms with Crippen molar-refractivity contribution < 1.29 is 17.5 Å². The van der Waals surface area contributed by atoms with Crippen LogP contribution in [-0.4, -0.2) is 55.5 Å². The molecule has 0 unspecified atom stereocenters. The molecule has 0 fully saturated rings. The molecule has 0 aliphatic carbocycles. The average Bonchev–Trinajstić information content (AvgIpc) is 2.52. The molecule has 1 aromatic rings. The van der Waals surface area contributed by atoms with Gasteiger partial charge in [0.05, 0.1) is 21.4 Å². The standard InChI is InChI=1S/C16H18ClN3O3S/c1-19(16-7-5-15(17)6-8-16)18-12-14-4-2-9-20(13-14)10-3-11-24(21,22)23/h2,4-9H,3,10-11,13H2,1H3. The van der Waals surface area contributed by atoms with Crippen LogP contribution in [0.15, 0.2) is 47.1 Å². The van der Waals surface area contributed by atoms with Gasteiger partial charge in [-0.3, -0.25) is 5.01 Å². The van der Waals surface area contributed by atoms with Gasteiger partial charge >= 0.3 is 0 Å². The van der Waals surface area contributed by atoms with E-state index in [1.807, 2.05) is 42.1 Å². The zero-order chi connectivity index (χ0) is 17.6. The summed E-state index contributed by atoms with van der Waals surface area (Å²) in [6.07, 6.45) is 5.88. The number of allylic oxidation sites excluding steroid dienone is 1. The van der Waals surface area contributed by atoms with Crippen molar-refractivity contribution in [3.05, 3.63) is 47.0 Å². The summed E-state index contributed by atoms with van der Waals surface area (Å²) in [4.78, 5) is 0. The molecule has 1 aliphatic rings. The van der Waals surface area contributed by atoms with Gasteiger partial charge in [-0.2, -0.15) is 0 Å². The molecule has 0 bridgehead atoms. The van der Waals surface area contributed by atoms with E-state index in [0.29, 0.717) is 24.5 Å². The fourth-order valence-corrected chi connectivity index (χ4v) is 2.74. The molecule has 8 heteroatoms. The van der Waals surface area contributed by atoms with Gasteiger partial charge in [0.1, 0.15) is 6.54 Å². The summed E-state index contributed by atoms with van der Waals surface area (Å²) in [5.41, 5.74) is 1.75. The van der Waals surface area contributed by atoms with Crippen molar-refractivity contribution in [2.24, 2.45) is 5.10 Å². The lowest BCUT2D eigenvalue weighted by Crippen LogP contribution is -2.22. The van der Waals surface area contributed by atoms with Crippen LogP contribution in [0.2, 0.25) is 5.02 Å². The number of anilines is 1. The lowest BCUT2D eigenvalue weighted by Gasteiger charge is -2.11. The van der Waals surface area contributed by atoms with E-state index in [4.69, 9.17) is 11.6 Å². The highest BCUT2D eigenvalue weighted by atomic mass is 35.5. The van der Waals surface area contributed by atoms with Crippen molar-refractivity contribution in [3.8, 4) is 0 Å². The van der Waals surface area contributed by atoms with Crippen molar-refractivity contribution in [2.75, 3.05) is 30.9 Å². The van der Waals surface area contributed by atoms with E-state index < -0.39 is 10.1 Å². The van der Waals surface area contributed by atoms with Crippen molar-refractivity contribution in [1.29, 1.82) is 0 Å². The Hall–Kier alpha value is -1.92. The van der Waals surface area contributed by atoms with E-state index in [2.05, 4.69) is 11.0 Å². The van der Waals surface area contributed by atoms with Crippen LogP contribution in [0, 0.1) is 0 Å². The highest BCUT2D eigenvalue weighted by molar-refractivity contribution is 7.85. The first-order valence-corrected chi connectivity index (χ1v) is 9.30. The van der Waals surface area contributed by atoms with E-state index in [-0.39, 0.29) is 5.75 Å². The molecule has 0 aromatic heterocycles. The van der Waals surface area contributed by atoms with Gasteiger partial charge in [-0.1, -0.05) is 11.6 Å². The predicted molar refractivity (Wildman–Crippen MR) is 95.2 cm³/mol. The monoisotopic (exact) mass is 367 g/mol. The maximum absolute atomic E-state index is 10.6. The summed E-state index contributed by atoms with van der Waals surface area (Å²) in [6, 6.07) is 7.30. The van der Waals surface area contributed by atoms with Gasteiger partial charge in [0.2, 0.25) is 0 Å². The number of nitrogens with zero attached hydrogens (tertiary/aromatic N) is 3. The smallest absolute Gasteiger partial charge is 0.176 e. The molecule has 0 atom stereocenters. The summed E-state index contributed by atoms with van der Waals surface area (Å²) in [5.74, 6) is 2.62. The summed E-state index contributed by atoms with van der Waals surface area (Å²) in [6.45, 7) is 1.05. The Morgan fingerprint density at radius 1 is 1.38 bits per heavy atom. The summed E-state index contributed by atoms with van der Waals surface area (Å²) >= 11 is 5.86. The van der Waals surface area contributed by atoms with Gasteiger partial charge in [-0.05, 0) is 30.3 Å². The molecule has 128 valence electrons. The van der Waals surface area contributed by atoms with Crippen LogP contribution in [0.4, 0.5) is 5.69 Å². The zero-order valence-electron chi connectivity index (χ0n) is 13.2. The van der Waals surface area contributed by atoms with Gasteiger partial charge < -0.3 is 4.55 Å². The summed E-state index contributed by atoms with van der Waals surface area (Å²) in [5, 5.41) is 6.61. The van der Waals surface area contributed by atoms with Crippen molar-refractivity contribution in [1.82, 2.24) is 0 Å². The van der Waals surface area contributed by atoms with Crippen LogP contribution in [-0.2, 0) is 10.1 Å². The van der Waals surface area contributed by atoms with E-state index in [1.54, 1.807) is 17.1 Å². The first kappa shape index (κ1) is 18.4. The quantitative estimate of drug-likeness (QED) is 0.333. The predicted octanol–water partition coefficient (Wildman–Crippen LogP) is 1.88. The van der Waals surface area contributed by atoms with Crippen molar-refractivity contribution in [3.63, 3.8) is 0 Å². The molecule has 0 spiro atoms. The Kier molecular flexibility index (Phi) is 6.34. The minimum absolute atomic E-state index is 0.297. The third kappa shape index (κ3) is 6.29. The SMILES string of the molecule is CN(N=C=C1C=CC=[N+](CCCS(=O)(=O)[O-])C1)c1ccc(Cl)cc1. The first-order chi connectivity index (χ1) is 11.3. The van der Waals surface area contributed by atoms with E-state index >= 15 is 0 Å². The van der Waals surface area contributed by atoms with Gasteiger partial charge in [-0.25, -0.2) is 13.0 Å². The number of hydrazone groups is 1. The second kappa shape index (κ2) is 8.26. The van der Waals surface area contributed by atoms with E-state index in [0.717, 1.165) is 11.3 Å². The maximum atomic E-state index is 10.6. The molecule has 24 heavy (non-hydrogen) atoms. The molecular weight excluding hydrogens is 350 g/mol. The fraction of sp³-hybridized carbons (Fsp3) is 0.312. The second-order valence-electron chi connectivity index (χ2n) is 5.33. The average molecular weight is 368 g/mol. The number of hydrogen-bond donors (Lipinski definition) is 0. The Labute approximate surface area is 146 Å². The van der Waals surface area contributed by atoms with Crippen LogP contribution >= 0.6 is 11.6 Å². The largest absolute Gasteiger partial charge is 0.748 e. The maximum Gasteiger partial charge on any atom is 0.176 e. The summed E-state index contributed by atoms with van der Waals surface area (Å²) < 4.78 is 33.8. The van der Waals surface area contributed by atoms with Crippen LogP contribution in [0.5, 0.6) is 0 Å².